The third-order valence-corrected chi connectivity index (χ3v) is 4.81. The summed E-state index contributed by atoms with van der Waals surface area (Å²) in [5, 5.41) is 9.45. The number of nitrogens with one attached hydrogen (secondary N) is 1. The van der Waals surface area contributed by atoms with Crippen LogP contribution in [0.1, 0.15) is 24.3 Å². The number of hydrogen-bond acceptors (Lipinski definition) is 5. The van der Waals surface area contributed by atoms with Crippen molar-refractivity contribution >= 4 is 17.5 Å². The lowest BCUT2D eigenvalue weighted by Gasteiger charge is -2.12. The van der Waals surface area contributed by atoms with Gasteiger partial charge in [-0.1, -0.05) is 25.6 Å². The second-order valence-electron chi connectivity index (χ2n) is 6.33. The standard InChI is InChI=1S/C19H22N4O2S/c1-13(2)11-23-18(14-6-8-15(25-3)9-7-14)21-22-19(23)26-12-17(24)16-5-4-10-20-16/h4-10,13,20H,11-12H2,1-3H3. The molecule has 3 aromatic rings. The monoisotopic (exact) mass is 370 g/mol. The first-order chi connectivity index (χ1) is 12.6. The zero-order valence-electron chi connectivity index (χ0n) is 15.1. The quantitative estimate of drug-likeness (QED) is 0.481. The summed E-state index contributed by atoms with van der Waals surface area (Å²) in [6, 6.07) is 11.4. The molecule has 7 heteroatoms. The summed E-state index contributed by atoms with van der Waals surface area (Å²) >= 11 is 1.41. The number of carbonyl (C=O) groups is 1. The summed E-state index contributed by atoms with van der Waals surface area (Å²) in [6.45, 7) is 5.08. The largest absolute Gasteiger partial charge is 0.497 e. The van der Waals surface area contributed by atoms with Crippen LogP contribution in [0.4, 0.5) is 0 Å². The zero-order valence-corrected chi connectivity index (χ0v) is 15.9. The van der Waals surface area contributed by atoms with Gasteiger partial charge in [-0.3, -0.25) is 4.79 Å². The van der Waals surface area contributed by atoms with E-state index in [0.29, 0.717) is 17.4 Å². The van der Waals surface area contributed by atoms with E-state index >= 15 is 0 Å². The summed E-state index contributed by atoms with van der Waals surface area (Å²) < 4.78 is 7.30. The van der Waals surface area contributed by atoms with Crippen LogP contribution in [-0.2, 0) is 6.54 Å². The maximum absolute atomic E-state index is 12.2. The molecule has 1 N–H and O–H groups in total. The van der Waals surface area contributed by atoms with Crippen LogP contribution in [0.3, 0.4) is 0 Å². The maximum Gasteiger partial charge on any atom is 0.191 e. The fraction of sp³-hybridized carbons (Fsp3) is 0.316. The molecule has 0 atom stereocenters. The molecule has 0 bridgehead atoms. The first-order valence-corrected chi connectivity index (χ1v) is 9.44. The van der Waals surface area contributed by atoms with E-state index in [1.54, 1.807) is 19.4 Å². The number of H-pyrrole nitrogens is 1. The molecule has 0 aliphatic carbocycles. The molecular weight excluding hydrogens is 348 g/mol. The second-order valence-corrected chi connectivity index (χ2v) is 7.28. The fourth-order valence-corrected chi connectivity index (χ4v) is 3.42. The van der Waals surface area contributed by atoms with Crippen molar-refractivity contribution in [3.8, 4) is 17.1 Å². The zero-order chi connectivity index (χ0) is 18.5. The van der Waals surface area contributed by atoms with Crippen LogP contribution in [0.25, 0.3) is 11.4 Å². The third kappa shape index (κ3) is 4.16. The van der Waals surface area contributed by atoms with Crippen molar-refractivity contribution in [3.05, 3.63) is 48.3 Å². The van der Waals surface area contributed by atoms with Crippen molar-refractivity contribution < 1.29 is 9.53 Å². The van der Waals surface area contributed by atoms with Crippen molar-refractivity contribution in [1.82, 2.24) is 19.7 Å². The highest BCUT2D eigenvalue weighted by Crippen LogP contribution is 2.27. The minimum Gasteiger partial charge on any atom is -0.497 e. The van der Waals surface area contributed by atoms with E-state index in [1.165, 1.54) is 11.8 Å². The van der Waals surface area contributed by atoms with E-state index in [0.717, 1.165) is 28.8 Å². The molecule has 0 saturated heterocycles. The van der Waals surface area contributed by atoms with Crippen LogP contribution in [0.15, 0.2) is 47.8 Å². The van der Waals surface area contributed by atoms with Crippen molar-refractivity contribution in [2.75, 3.05) is 12.9 Å². The van der Waals surface area contributed by atoms with Crippen LogP contribution in [-0.4, -0.2) is 38.4 Å². The van der Waals surface area contributed by atoms with Gasteiger partial charge < -0.3 is 14.3 Å². The highest BCUT2D eigenvalue weighted by atomic mass is 32.2. The van der Waals surface area contributed by atoms with Gasteiger partial charge in [-0.15, -0.1) is 10.2 Å². The number of aromatic amines is 1. The van der Waals surface area contributed by atoms with Gasteiger partial charge in [0.15, 0.2) is 16.8 Å². The molecule has 0 aliphatic rings. The second kappa shape index (κ2) is 8.23. The molecule has 2 heterocycles. The number of methoxy groups -OCH3 is 1. The first-order valence-electron chi connectivity index (χ1n) is 8.45. The number of hydrogen-bond donors (Lipinski definition) is 1. The lowest BCUT2D eigenvalue weighted by Crippen LogP contribution is -2.09. The summed E-state index contributed by atoms with van der Waals surface area (Å²) in [4.78, 5) is 15.2. The number of thioether (sulfide) groups is 1. The van der Waals surface area contributed by atoms with Gasteiger partial charge in [-0.25, -0.2) is 0 Å². The average molecular weight is 370 g/mol. The third-order valence-electron chi connectivity index (χ3n) is 3.84. The number of rotatable bonds is 8. The Balaban J connectivity index is 1.83. The topological polar surface area (TPSA) is 72.8 Å². The van der Waals surface area contributed by atoms with Crippen molar-refractivity contribution in [2.24, 2.45) is 5.92 Å². The SMILES string of the molecule is COc1ccc(-c2nnc(SCC(=O)c3ccc[nH]3)n2CC(C)C)cc1. The van der Waals surface area contributed by atoms with Crippen molar-refractivity contribution in [3.63, 3.8) is 0 Å². The molecule has 0 saturated carbocycles. The summed E-state index contributed by atoms with van der Waals surface area (Å²) in [7, 11) is 1.65. The molecule has 1 aromatic carbocycles. The Bertz CT molecular complexity index is 854. The van der Waals surface area contributed by atoms with Gasteiger partial charge in [-0.2, -0.15) is 0 Å². The van der Waals surface area contributed by atoms with E-state index in [-0.39, 0.29) is 5.78 Å². The van der Waals surface area contributed by atoms with E-state index in [9.17, 15) is 4.79 Å². The molecule has 0 spiro atoms. The average Bonchev–Trinajstić information content (AvgIpc) is 3.30. The lowest BCUT2D eigenvalue weighted by atomic mass is 10.2. The van der Waals surface area contributed by atoms with Gasteiger partial charge >= 0.3 is 0 Å². The number of ether oxygens (including phenoxy) is 1. The predicted octanol–water partition coefficient (Wildman–Crippen LogP) is 3.91. The Morgan fingerprint density at radius 1 is 1.23 bits per heavy atom. The fourth-order valence-electron chi connectivity index (χ4n) is 2.59. The maximum atomic E-state index is 12.2. The summed E-state index contributed by atoms with van der Waals surface area (Å²) in [6.07, 6.45) is 1.75. The highest BCUT2D eigenvalue weighted by molar-refractivity contribution is 7.99. The van der Waals surface area contributed by atoms with E-state index < -0.39 is 0 Å². The first kappa shape index (κ1) is 18.3. The van der Waals surface area contributed by atoms with Crippen LogP contribution in [0.5, 0.6) is 5.75 Å². The predicted molar refractivity (Wildman–Crippen MR) is 103 cm³/mol. The van der Waals surface area contributed by atoms with E-state index in [4.69, 9.17) is 4.74 Å². The molecular formula is C19H22N4O2S. The number of benzene rings is 1. The molecule has 26 heavy (non-hydrogen) atoms. The Labute approximate surface area is 157 Å². The molecule has 0 unspecified atom stereocenters. The van der Waals surface area contributed by atoms with Crippen LogP contribution in [0, 0.1) is 5.92 Å². The van der Waals surface area contributed by atoms with Crippen LogP contribution < -0.4 is 4.74 Å². The number of ketones is 1. The minimum absolute atomic E-state index is 0.0464. The molecule has 3 rings (SSSR count). The van der Waals surface area contributed by atoms with E-state index in [1.807, 2.05) is 30.3 Å². The Morgan fingerprint density at radius 3 is 2.62 bits per heavy atom. The van der Waals surface area contributed by atoms with Gasteiger partial charge in [-0.05, 0) is 42.3 Å². The number of nitrogens with zero attached hydrogens (tertiary/aromatic N) is 3. The minimum atomic E-state index is 0.0464. The highest BCUT2D eigenvalue weighted by Gasteiger charge is 2.17. The van der Waals surface area contributed by atoms with Crippen LogP contribution in [0.2, 0.25) is 0 Å². The van der Waals surface area contributed by atoms with Gasteiger partial charge in [0, 0.05) is 18.3 Å². The molecule has 136 valence electrons. The van der Waals surface area contributed by atoms with E-state index in [2.05, 4.69) is 33.6 Å². The van der Waals surface area contributed by atoms with Crippen LogP contribution >= 0.6 is 11.8 Å². The summed E-state index contributed by atoms with van der Waals surface area (Å²) in [5.41, 5.74) is 1.59. The van der Waals surface area contributed by atoms with Crippen molar-refractivity contribution in [1.29, 1.82) is 0 Å². The smallest absolute Gasteiger partial charge is 0.191 e. The van der Waals surface area contributed by atoms with Crippen molar-refractivity contribution in [2.45, 2.75) is 25.5 Å². The molecule has 0 aliphatic heterocycles. The molecule has 0 amide bonds. The van der Waals surface area contributed by atoms with Gasteiger partial charge in [0.2, 0.25) is 0 Å². The number of carbonyl (C=O) groups excluding carboxylic acids is 1. The normalized spacial score (nSPS) is 11.1. The Kier molecular flexibility index (Phi) is 5.78. The number of Topliss-reactive ketones (excluding diaryl/α,β-unsaturated/α-hetero) is 1. The molecule has 2 aromatic heterocycles. The molecule has 0 fully saturated rings. The Morgan fingerprint density at radius 2 is 2.00 bits per heavy atom. The van der Waals surface area contributed by atoms with Gasteiger partial charge in [0.25, 0.3) is 0 Å². The molecule has 6 nitrogen and oxygen atoms in total. The number of aromatic nitrogens is 4. The van der Waals surface area contributed by atoms with Gasteiger partial charge in [0.05, 0.1) is 18.6 Å². The Hall–Kier alpha value is -2.54. The lowest BCUT2D eigenvalue weighted by molar-refractivity contribution is 0.101. The molecule has 0 radical (unpaired) electrons. The summed E-state index contributed by atoms with van der Waals surface area (Å²) in [5.74, 6) is 2.40. The van der Waals surface area contributed by atoms with Gasteiger partial charge in [0.1, 0.15) is 5.75 Å².